The molecular formula is C12H16N6O3. The Balaban J connectivity index is 2.21. The highest BCUT2D eigenvalue weighted by Gasteiger charge is 2.29. The predicted octanol–water partition coefficient (Wildman–Crippen LogP) is 1.48. The Labute approximate surface area is 120 Å². The Bertz CT molecular complexity index is 633. The molecule has 0 aliphatic heterocycles. The van der Waals surface area contributed by atoms with Gasteiger partial charge in [-0.1, -0.05) is 13.3 Å². The molecule has 2 aromatic heterocycles. The molecule has 1 atom stereocenters. The quantitative estimate of drug-likeness (QED) is 0.548. The molecule has 2 aromatic rings. The molecule has 0 bridgehead atoms. The van der Waals surface area contributed by atoms with E-state index in [2.05, 4.69) is 25.7 Å². The van der Waals surface area contributed by atoms with Gasteiger partial charge in [-0.3, -0.25) is 25.1 Å². The number of carbonyl (C=O) groups excluding carboxylic acids is 1. The summed E-state index contributed by atoms with van der Waals surface area (Å²) in [5.41, 5.74) is 0.687. The Morgan fingerprint density at radius 3 is 2.90 bits per heavy atom. The molecule has 2 heterocycles. The zero-order valence-corrected chi connectivity index (χ0v) is 11.7. The van der Waals surface area contributed by atoms with Crippen LogP contribution in [0.1, 0.15) is 48.1 Å². The minimum Gasteiger partial charge on any atom is -0.344 e. The molecule has 0 fully saturated rings. The van der Waals surface area contributed by atoms with Crippen LogP contribution >= 0.6 is 0 Å². The van der Waals surface area contributed by atoms with Gasteiger partial charge in [0.05, 0.1) is 17.2 Å². The van der Waals surface area contributed by atoms with Crippen LogP contribution < -0.4 is 5.32 Å². The zero-order valence-electron chi connectivity index (χ0n) is 11.7. The highest BCUT2D eigenvalue weighted by Crippen LogP contribution is 2.23. The van der Waals surface area contributed by atoms with Crippen molar-refractivity contribution in [1.29, 1.82) is 0 Å². The van der Waals surface area contributed by atoms with E-state index in [9.17, 15) is 14.9 Å². The molecule has 0 radical (unpaired) electrons. The maximum Gasteiger partial charge on any atom is 0.322 e. The summed E-state index contributed by atoms with van der Waals surface area (Å²) >= 11 is 0. The number of rotatable bonds is 6. The van der Waals surface area contributed by atoms with Crippen LogP contribution in [0.3, 0.4) is 0 Å². The average Bonchev–Trinajstić information content (AvgIpc) is 3.08. The molecule has 0 aromatic carbocycles. The van der Waals surface area contributed by atoms with Crippen LogP contribution in [-0.2, 0) is 6.42 Å². The SMILES string of the molecule is CCCc1[nH]nc(C(=O)NC(C)c2cn[nH]c2)c1[N+](=O)[O-]. The lowest BCUT2D eigenvalue weighted by Gasteiger charge is -2.10. The number of amides is 1. The second-order valence-corrected chi connectivity index (χ2v) is 4.63. The third-order valence-corrected chi connectivity index (χ3v) is 3.08. The van der Waals surface area contributed by atoms with Crippen LogP contribution in [0.2, 0.25) is 0 Å². The van der Waals surface area contributed by atoms with Gasteiger partial charge in [-0.05, 0) is 13.3 Å². The molecule has 9 heteroatoms. The fraction of sp³-hybridized carbons (Fsp3) is 0.417. The maximum absolute atomic E-state index is 12.2. The summed E-state index contributed by atoms with van der Waals surface area (Å²) in [6, 6.07) is -0.331. The van der Waals surface area contributed by atoms with E-state index < -0.39 is 10.8 Å². The molecule has 9 nitrogen and oxygen atoms in total. The summed E-state index contributed by atoms with van der Waals surface area (Å²) in [7, 11) is 0. The molecule has 0 aliphatic rings. The van der Waals surface area contributed by atoms with Gasteiger partial charge in [0.25, 0.3) is 5.91 Å². The predicted molar refractivity (Wildman–Crippen MR) is 73.7 cm³/mol. The van der Waals surface area contributed by atoms with E-state index in [0.717, 1.165) is 12.0 Å². The van der Waals surface area contributed by atoms with Gasteiger partial charge in [0.1, 0.15) is 5.69 Å². The molecule has 21 heavy (non-hydrogen) atoms. The molecule has 0 saturated heterocycles. The number of hydrogen-bond acceptors (Lipinski definition) is 5. The van der Waals surface area contributed by atoms with Gasteiger partial charge in [0, 0.05) is 11.8 Å². The Hall–Kier alpha value is -2.71. The molecule has 1 amide bonds. The van der Waals surface area contributed by atoms with Crippen LogP contribution in [0.4, 0.5) is 5.69 Å². The second kappa shape index (κ2) is 6.16. The molecule has 1 unspecified atom stereocenters. The molecule has 2 rings (SSSR count). The summed E-state index contributed by atoms with van der Waals surface area (Å²) in [5.74, 6) is -0.589. The monoisotopic (exact) mass is 292 g/mol. The van der Waals surface area contributed by atoms with Gasteiger partial charge in [-0.15, -0.1) is 0 Å². The van der Waals surface area contributed by atoms with Crippen molar-refractivity contribution in [2.45, 2.75) is 32.7 Å². The van der Waals surface area contributed by atoms with E-state index in [1.807, 2.05) is 6.92 Å². The number of carbonyl (C=O) groups is 1. The highest BCUT2D eigenvalue weighted by atomic mass is 16.6. The van der Waals surface area contributed by atoms with Gasteiger partial charge < -0.3 is 5.32 Å². The fourth-order valence-electron chi connectivity index (χ4n) is 2.00. The average molecular weight is 292 g/mol. The minimum absolute atomic E-state index is 0.196. The van der Waals surface area contributed by atoms with Crippen molar-refractivity contribution in [3.63, 3.8) is 0 Å². The van der Waals surface area contributed by atoms with Crippen molar-refractivity contribution in [1.82, 2.24) is 25.7 Å². The lowest BCUT2D eigenvalue weighted by Crippen LogP contribution is -2.27. The second-order valence-electron chi connectivity index (χ2n) is 4.63. The van der Waals surface area contributed by atoms with Crippen molar-refractivity contribution >= 4 is 11.6 Å². The molecule has 0 aliphatic carbocycles. The Kier molecular flexibility index (Phi) is 4.31. The number of H-pyrrole nitrogens is 2. The number of aromatic nitrogens is 4. The van der Waals surface area contributed by atoms with Crippen LogP contribution in [0.25, 0.3) is 0 Å². The summed E-state index contributed by atoms with van der Waals surface area (Å²) in [6.45, 7) is 3.65. The Morgan fingerprint density at radius 2 is 2.33 bits per heavy atom. The molecule has 0 spiro atoms. The van der Waals surface area contributed by atoms with Crippen molar-refractivity contribution < 1.29 is 9.72 Å². The van der Waals surface area contributed by atoms with Crippen molar-refractivity contribution in [2.24, 2.45) is 0 Å². The number of aryl methyl sites for hydroxylation is 1. The van der Waals surface area contributed by atoms with Gasteiger partial charge in [0.2, 0.25) is 5.69 Å². The van der Waals surface area contributed by atoms with Crippen molar-refractivity contribution in [3.8, 4) is 0 Å². The van der Waals surface area contributed by atoms with Crippen LogP contribution in [0.5, 0.6) is 0 Å². The van der Waals surface area contributed by atoms with Gasteiger partial charge in [0.15, 0.2) is 0 Å². The summed E-state index contributed by atoms with van der Waals surface area (Å²) in [6.07, 6.45) is 4.40. The summed E-state index contributed by atoms with van der Waals surface area (Å²) in [4.78, 5) is 22.7. The first-order valence-corrected chi connectivity index (χ1v) is 6.55. The van der Waals surface area contributed by atoms with Gasteiger partial charge in [-0.2, -0.15) is 10.2 Å². The van der Waals surface area contributed by atoms with Crippen LogP contribution in [-0.4, -0.2) is 31.2 Å². The first kappa shape index (κ1) is 14.7. The number of hydrogen-bond donors (Lipinski definition) is 3. The topological polar surface area (TPSA) is 130 Å². The standard InChI is InChI=1S/C12H16N6O3/c1-3-4-9-11(18(20)21)10(17-16-9)12(19)15-7(2)8-5-13-14-6-8/h5-7H,3-4H2,1-2H3,(H,13,14)(H,15,19)(H,16,17). The maximum atomic E-state index is 12.2. The van der Waals surface area contributed by atoms with E-state index >= 15 is 0 Å². The van der Waals surface area contributed by atoms with E-state index in [1.165, 1.54) is 0 Å². The smallest absolute Gasteiger partial charge is 0.322 e. The molecule has 3 N–H and O–H groups in total. The third-order valence-electron chi connectivity index (χ3n) is 3.08. The lowest BCUT2D eigenvalue weighted by atomic mass is 10.1. The number of nitro groups is 1. The molecular weight excluding hydrogens is 276 g/mol. The van der Waals surface area contributed by atoms with E-state index in [4.69, 9.17) is 0 Å². The minimum atomic E-state index is -0.589. The third kappa shape index (κ3) is 3.07. The number of nitrogens with one attached hydrogen (secondary N) is 3. The first-order chi connectivity index (χ1) is 10.0. The first-order valence-electron chi connectivity index (χ1n) is 6.55. The largest absolute Gasteiger partial charge is 0.344 e. The van der Waals surface area contributed by atoms with E-state index in [0.29, 0.717) is 12.1 Å². The lowest BCUT2D eigenvalue weighted by molar-refractivity contribution is -0.385. The normalized spacial score (nSPS) is 12.1. The molecule has 0 saturated carbocycles. The molecule has 112 valence electrons. The van der Waals surface area contributed by atoms with Crippen LogP contribution in [0, 0.1) is 10.1 Å². The highest BCUT2D eigenvalue weighted by molar-refractivity contribution is 5.96. The van der Waals surface area contributed by atoms with Crippen molar-refractivity contribution in [3.05, 3.63) is 39.5 Å². The number of aromatic amines is 2. The number of nitrogens with zero attached hydrogens (tertiary/aromatic N) is 3. The zero-order chi connectivity index (χ0) is 15.4. The Morgan fingerprint density at radius 1 is 1.57 bits per heavy atom. The van der Waals surface area contributed by atoms with Gasteiger partial charge >= 0.3 is 5.69 Å². The van der Waals surface area contributed by atoms with Crippen LogP contribution in [0.15, 0.2) is 12.4 Å². The van der Waals surface area contributed by atoms with Crippen molar-refractivity contribution in [2.75, 3.05) is 0 Å². The van der Waals surface area contributed by atoms with E-state index in [1.54, 1.807) is 19.3 Å². The summed E-state index contributed by atoms with van der Waals surface area (Å²) < 4.78 is 0. The van der Waals surface area contributed by atoms with E-state index in [-0.39, 0.29) is 17.4 Å². The fourth-order valence-corrected chi connectivity index (χ4v) is 2.00. The van der Waals surface area contributed by atoms with Gasteiger partial charge in [-0.25, -0.2) is 0 Å². The summed E-state index contributed by atoms with van der Waals surface area (Å²) in [5, 5.41) is 26.6.